The van der Waals surface area contributed by atoms with Gasteiger partial charge in [0.15, 0.2) is 0 Å². The molecule has 0 aromatic carbocycles. The minimum atomic E-state index is -3.39. The number of rotatable bonds is 8. The summed E-state index contributed by atoms with van der Waals surface area (Å²) in [4.78, 5) is 3.37. The van der Waals surface area contributed by atoms with E-state index in [1.54, 1.807) is 11.4 Å². The summed E-state index contributed by atoms with van der Waals surface area (Å²) in [5.74, 6) is 0. The molecule has 1 heterocycles. The molecule has 0 saturated heterocycles. The van der Waals surface area contributed by atoms with Gasteiger partial charge in [0.2, 0.25) is 10.0 Å². The van der Waals surface area contributed by atoms with Crippen LogP contribution in [-0.4, -0.2) is 46.5 Å². The Bertz CT molecular complexity index is 483. The fourth-order valence-electron chi connectivity index (χ4n) is 1.34. The van der Waals surface area contributed by atoms with Gasteiger partial charge in [-0.25, -0.2) is 13.1 Å². The fraction of sp³-hybridized carbons (Fsp3) is 0.667. The molecule has 1 aromatic heterocycles. The van der Waals surface area contributed by atoms with Crippen LogP contribution in [0.5, 0.6) is 0 Å². The van der Waals surface area contributed by atoms with E-state index in [0.717, 1.165) is 11.4 Å². The van der Waals surface area contributed by atoms with Crippen LogP contribution in [0.25, 0.3) is 0 Å². The molecule has 1 unspecified atom stereocenters. The minimum absolute atomic E-state index is 0.162. The van der Waals surface area contributed by atoms with E-state index in [4.69, 9.17) is 0 Å². The van der Waals surface area contributed by atoms with Crippen LogP contribution in [0.2, 0.25) is 0 Å². The van der Waals surface area contributed by atoms with Crippen LogP contribution in [0, 0.1) is 0 Å². The van der Waals surface area contributed by atoms with Crippen LogP contribution in [-0.2, 0) is 16.6 Å². The second kappa shape index (κ2) is 7.35. The van der Waals surface area contributed by atoms with E-state index in [1.807, 2.05) is 32.8 Å². The van der Waals surface area contributed by atoms with Crippen molar-refractivity contribution >= 4 is 21.4 Å². The highest BCUT2D eigenvalue weighted by molar-refractivity contribution is 7.89. The summed E-state index contributed by atoms with van der Waals surface area (Å²) in [6.07, 6.45) is 0. The van der Waals surface area contributed by atoms with Gasteiger partial charge >= 0.3 is 0 Å². The number of nitrogens with zero attached hydrogens (tertiary/aromatic N) is 1. The zero-order chi connectivity index (χ0) is 14.5. The number of sulfonamides is 1. The molecule has 0 fully saturated rings. The second-order valence-corrected chi connectivity index (χ2v) is 7.46. The third kappa shape index (κ3) is 5.19. The summed E-state index contributed by atoms with van der Waals surface area (Å²) in [6.45, 7) is 6.00. The van der Waals surface area contributed by atoms with Gasteiger partial charge in [-0.3, -0.25) is 0 Å². The van der Waals surface area contributed by atoms with E-state index in [9.17, 15) is 8.42 Å². The largest absolute Gasteiger partial charge is 0.312 e. The van der Waals surface area contributed by atoms with Crippen molar-refractivity contribution in [1.29, 1.82) is 0 Å². The van der Waals surface area contributed by atoms with Crippen molar-refractivity contribution < 1.29 is 8.42 Å². The summed E-state index contributed by atoms with van der Waals surface area (Å²) >= 11 is 1.46. The molecule has 0 bridgehead atoms. The molecular formula is C12H23N3O2S2. The van der Waals surface area contributed by atoms with E-state index < -0.39 is 10.0 Å². The molecular weight excluding hydrogens is 282 g/mol. The standard InChI is InChI=1S/C12H23N3O2S2/c1-5-13-8-11-6-12(9-18-11)19(16,17)14-7-10(2)15(3)4/h6,9-10,13-14H,5,7-8H2,1-4H3. The number of thiophene rings is 1. The maximum atomic E-state index is 12.1. The molecule has 0 aliphatic carbocycles. The van der Waals surface area contributed by atoms with Gasteiger partial charge in [-0.15, -0.1) is 11.3 Å². The van der Waals surface area contributed by atoms with Crippen molar-refractivity contribution in [1.82, 2.24) is 14.9 Å². The molecule has 0 saturated carbocycles. The van der Waals surface area contributed by atoms with Crippen molar-refractivity contribution in [2.24, 2.45) is 0 Å². The highest BCUT2D eigenvalue weighted by Crippen LogP contribution is 2.19. The molecule has 2 N–H and O–H groups in total. The Morgan fingerprint density at radius 1 is 1.42 bits per heavy atom. The molecule has 0 aliphatic rings. The molecule has 19 heavy (non-hydrogen) atoms. The third-order valence-electron chi connectivity index (χ3n) is 2.94. The topological polar surface area (TPSA) is 61.4 Å². The van der Waals surface area contributed by atoms with E-state index in [0.29, 0.717) is 18.0 Å². The van der Waals surface area contributed by atoms with Gasteiger partial charge in [-0.2, -0.15) is 0 Å². The van der Waals surface area contributed by atoms with Crippen LogP contribution >= 0.6 is 11.3 Å². The summed E-state index contributed by atoms with van der Waals surface area (Å²) in [7, 11) is 0.470. The smallest absolute Gasteiger partial charge is 0.241 e. The quantitative estimate of drug-likeness (QED) is 0.755. The van der Waals surface area contributed by atoms with E-state index in [1.165, 1.54) is 11.3 Å². The first-order valence-electron chi connectivity index (χ1n) is 6.31. The van der Waals surface area contributed by atoms with Crippen molar-refractivity contribution in [2.75, 3.05) is 27.2 Å². The molecule has 7 heteroatoms. The second-order valence-electron chi connectivity index (χ2n) is 4.69. The van der Waals surface area contributed by atoms with Crippen molar-refractivity contribution in [3.05, 3.63) is 16.3 Å². The molecule has 1 rings (SSSR count). The first-order chi connectivity index (χ1) is 8.86. The van der Waals surface area contributed by atoms with Crippen LogP contribution in [0.15, 0.2) is 16.3 Å². The number of hydrogen-bond donors (Lipinski definition) is 2. The highest BCUT2D eigenvalue weighted by atomic mass is 32.2. The Hall–Kier alpha value is -0.470. The van der Waals surface area contributed by atoms with Gasteiger partial charge < -0.3 is 10.2 Å². The maximum Gasteiger partial charge on any atom is 0.241 e. The van der Waals surface area contributed by atoms with Crippen molar-refractivity contribution in [3.63, 3.8) is 0 Å². The molecule has 0 aliphatic heterocycles. The average molecular weight is 305 g/mol. The summed E-state index contributed by atoms with van der Waals surface area (Å²) in [6, 6.07) is 1.89. The molecule has 0 spiro atoms. The van der Waals surface area contributed by atoms with Crippen LogP contribution < -0.4 is 10.0 Å². The molecule has 0 amide bonds. The zero-order valence-corrected chi connectivity index (χ0v) is 13.6. The van der Waals surface area contributed by atoms with Gasteiger partial charge in [0.25, 0.3) is 0 Å². The number of hydrogen-bond acceptors (Lipinski definition) is 5. The lowest BCUT2D eigenvalue weighted by Crippen LogP contribution is -2.38. The minimum Gasteiger partial charge on any atom is -0.312 e. The first kappa shape index (κ1) is 16.6. The number of likely N-dealkylation sites (N-methyl/N-ethyl adjacent to an activating group) is 1. The third-order valence-corrected chi connectivity index (χ3v) is 5.43. The first-order valence-corrected chi connectivity index (χ1v) is 8.67. The van der Waals surface area contributed by atoms with Gasteiger partial charge in [0, 0.05) is 29.4 Å². The van der Waals surface area contributed by atoms with Crippen molar-refractivity contribution in [2.45, 2.75) is 31.3 Å². The van der Waals surface area contributed by atoms with Crippen LogP contribution in [0.3, 0.4) is 0 Å². The van der Waals surface area contributed by atoms with Gasteiger partial charge in [0.05, 0.1) is 4.90 Å². The Morgan fingerprint density at radius 3 is 2.68 bits per heavy atom. The Balaban J connectivity index is 2.64. The van der Waals surface area contributed by atoms with Crippen molar-refractivity contribution in [3.8, 4) is 0 Å². The predicted molar refractivity (Wildman–Crippen MR) is 80.0 cm³/mol. The van der Waals surface area contributed by atoms with E-state index in [2.05, 4.69) is 10.0 Å². The van der Waals surface area contributed by atoms with E-state index >= 15 is 0 Å². The maximum absolute atomic E-state index is 12.1. The molecule has 5 nitrogen and oxygen atoms in total. The zero-order valence-electron chi connectivity index (χ0n) is 11.9. The normalized spacial score (nSPS) is 13.9. The Labute approximate surface area is 120 Å². The summed E-state index contributed by atoms with van der Waals surface area (Å²) < 4.78 is 26.8. The lowest BCUT2D eigenvalue weighted by atomic mass is 10.3. The number of nitrogens with one attached hydrogen (secondary N) is 2. The summed E-state index contributed by atoms with van der Waals surface area (Å²) in [5.41, 5.74) is 0. The van der Waals surface area contributed by atoms with Crippen LogP contribution in [0.4, 0.5) is 0 Å². The highest BCUT2D eigenvalue weighted by Gasteiger charge is 2.17. The predicted octanol–water partition coefficient (Wildman–Crippen LogP) is 1.09. The molecule has 1 aromatic rings. The Kier molecular flexibility index (Phi) is 6.41. The molecule has 1 atom stereocenters. The van der Waals surface area contributed by atoms with Gasteiger partial charge in [0.1, 0.15) is 0 Å². The monoisotopic (exact) mass is 305 g/mol. The van der Waals surface area contributed by atoms with Gasteiger partial charge in [-0.1, -0.05) is 6.92 Å². The molecule has 0 radical (unpaired) electrons. The lowest BCUT2D eigenvalue weighted by molar-refractivity contribution is 0.314. The van der Waals surface area contributed by atoms with E-state index in [-0.39, 0.29) is 6.04 Å². The average Bonchev–Trinajstić information content (AvgIpc) is 2.82. The lowest BCUT2D eigenvalue weighted by Gasteiger charge is -2.19. The van der Waals surface area contributed by atoms with Crippen LogP contribution in [0.1, 0.15) is 18.7 Å². The Morgan fingerprint density at radius 2 is 2.11 bits per heavy atom. The molecule has 110 valence electrons. The van der Waals surface area contributed by atoms with Gasteiger partial charge in [-0.05, 0) is 33.6 Å². The fourth-order valence-corrected chi connectivity index (χ4v) is 3.70. The SMILES string of the molecule is CCNCc1cc(S(=O)(=O)NCC(C)N(C)C)cs1. The summed E-state index contributed by atoms with van der Waals surface area (Å²) in [5, 5.41) is 4.87.